The van der Waals surface area contributed by atoms with Crippen LogP contribution in [0.4, 0.5) is 0 Å². The van der Waals surface area contributed by atoms with Crippen LogP contribution in [0.15, 0.2) is 30.3 Å². The second-order valence-corrected chi connectivity index (χ2v) is 6.53. The Bertz CT molecular complexity index is 396. The summed E-state index contributed by atoms with van der Waals surface area (Å²) >= 11 is 0. The zero-order chi connectivity index (χ0) is 15.6. The highest BCUT2D eigenvalue weighted by molar-refractivity contribution is 5.14. The van der Waals surface area contributed by atoms with Gasteiger partial charge in [-0.05, 0) is 37.9 Å². The lowest BCUT2D eigenvalue weighted by Crippen LogP contribution is -2.36. The van der Waals surface area contributed by atoms with Crippen LogP contribution < -0.4 is 0 Å². The number of nitrogens with zero attached hydrogens (tertiary/aromatic N) is 2. The van der Waals surface area contributed by atoms with Crippen molar-refractivity contribution < 1.29 is 5.11 Å². The molecule has 1 saturated heterocycles. The summed E-state index contributed by atoms with van der Waals surface area (Å²) in [5.74, 6) is 0. The minimum atomic E-state index is -0.143. The number of hydrogen-bond acceptors (Lipinski definition) is 3. The lowest BCUT2D eigenvalue weighted by atomic mass is 10.1. The van der Waals surface area contributed by atoms with Crippen molar-refractivity contribution in [2.45, 2.75) is 45.1 Å². The molecular weight excluding hydrogens is 272 g/mol. The van der Waals surface area contributed by atoms with Crippen LogP contribution in [0.5, 0.6) is 0 Å². The van der Waals surface area contributed by atoms with E-state index in [-0.39, 0.29) is 6.10 Å². The topological polar surface area (TPSA) is 26.7 Å². The van der Waals surface area contributed by atoms with E-state index in [4.69, 9.17) is 0 Å². The maximum Gasteiger partial charge on any atom is 0.0667 e. The highest BCUT2D eigenvalue weighted by Crippen LogP contribution is 2.08. The summed E-state index contributed by atoms with van der Waals surface area (Å²) < 4.78 is 0. The fraction of sp³-hybridized carbons (Fsp3) is 0.684. The Morgan fingerprint density at radius 3 is 2.55 bits per heavy atom. The molecule has 1 N–H and O–H groups in total. The zero-order valence-corrected chi connectivity index (χ0v) is 14.1. The van der Waals surface area contributed by atoms with Crippen LogP contribution in [-0.4, -0.2) is 60.3 Å². The maximum atomic E-state index is 10.1. The third-order valence-corrected chi connectivity index (χ3v) is 4.60. The number of benzene rings is 1. The minimum Gasteiger partial charge on any atom is -0.392 e. The molecule has 1 aromatic carbocycles. The summed E-state index contributed by atoms with van der Waals surface area (Å²) in [4.78, 5) is 5.02. The Morgan fingerprint density at radius 2 is 1.77 bits per heavy atom. The van der Waals surface area contributed by atoms with Gasteiger partial charge in [-0.1, -0.05) is 50.1 Å². The van der Waals surface area contributed by atoms with Crippen LogP contribution in [0.1, 0.15) is 38.2 Å². The van der Waals surface area contributed by atoms with E-state index in [0.717, 1.165) is 52.0 Å². The molecule has 0 amide bonds. The van der Waals surface area contributed by atoms with Crippen LogP contribution in [0.3, 0.4) is 0 Å². The highest BCUT2D eigenvalue weighted by Gasteiger charge is 2.17. The average molecular weight is 304 g/mol. The summed E-state index contributed by atoms with van der Waals surface area (Å²) in [6.07, 6.45) is 5.47. The summed E-state index contributed by atoms with van der Waals surface area (Å²) in [6.45, 7) is 8.73. The van der Waals surface area contributed by atoms with Gasteiger partial charge in [-0.15, -0.1) is 0 Å². The molecule has 1 aromatic rings. The Balaban J connectivity index is 1.68. The lowest BCUT2D eigenvalue weighted by molar-refractivity contribution is 0.105. The first-order valence-electron chi connectivity index (χ1n) is 8.94. The molecule has 1 fully saturated rings. The summed E-state index contributed by atoms with van der Waals surface area (Å²) in [5, 5.41) is 10.1. The van der Waals surface area contributed by atoms with Gasteiger partial charge in [0.05, 0.1) is 6.10 Å². The van der Waals surface area contributed by atoms with Crippen molar-refractivity contribution in [1.29, 1.82) is 0 Å². The van der Waals surface area contributed by atoms with Gasteiger partial charge in [-0.2, -0.15) is 0 Å². The largest absolute Gasteiger partial charge is 0.392 e. The van der Waals surface area contributed by atoms with Gasteiger partial charge in [0.2, 0.25) is 0 Å². The van der Waals surface area contributed by atoms with Gasteiger partial charge in [0.15, 0.2) is 0 Å². The van der Waals surface area contributed by atoms with Crippen molar-refractivity contribution in [2.75, 3.05) is 39.3 Å². The molecule has 3 nitrogen and oxygen atoms in total. The van der Waals surface area contributed by atoms with E-state index in [1.54, 1.807) is 0 Å². The smallest absolute Gasteiger partial charge is 0.0667 e. The standard InChI is InChI=1S/C19H32N2O/c1-2-3-10-19(22)17-21-13-7-12-20(15-16-21)14-11-18-8-5-4-6-9-18/h4-6,8-9,19,22H,2-3,7,10-17H2,1H3. The molecule has 0 saturated carbocycles. The zero-order valence-electron chi connectivity index (χ0n) is 14.1. The molecule has 0 radical (unpaired) electrons. The van der Waals surface area contributed by atoms with Gasteiger partial charge in [0, 0.05) is 26.2 Å². The van der Waals surface area contributed by atoms with Crippen molar-refractivity contribution in [1.82, 2.24) is 9.80 Å². The SMILES string of the molecule is CCCCC(O)CN1CCCN(CCc2ccccc2)CC1. The Hall–Kier alpha value is -0.900. The van der Waals surface area contributed by atoms with Crippen molar-refractivity contribution in [3.63, 3.8) is 0 Å². The maximum absolute atomic E-state index is 10.1. The van der Waals surface area contributed by atoms with Crippen LogP contribution in [0, 0.1) is 0 Å². The Labute approximate surface area is 135 Å². The first kappa shape index (κ1) is 17.5. The molecule has 1 aliphatic rings. The van der Waals surface area contributed by atoms with E-state index < -0.39 is 0 Å². The molecule has 124 valence electrons. The van der Waals surface area contributed by atoms with Crippen molar-refractivity contribution in [3.8, 4) is 0 Å². The molecular formula is C19H32N2O. The molecule has 1 atom stereocenters. The van der Waals surface area contributed by atoms with Crippen LogP contribution >= 0.6 is 0 Å². The predicted octanol–water partition coefficient (Wildman–Crippen LogP) is 2.79. The van der Waals surface area contributed by atoms with Crippen LogP contribution in [-0.2, 0) is 6.42 Å². The van der Waals surface area contributed by atoms with E-state index in [0.29, 0.717) is 0 Å². The summed E-state index contributed by atoms with van der Waals surface area (Å²) in [5.41, 5.74) is 1.43. The first-order valence-corrected chi connectivity index (χ1v) is 8.94. The molecule has 0 spiro atoms. The van der Waals surface area contributed by atoms with Crippen LogP contribution in [0.2, 0.25) is 0 Å². The lowest BCUT2D eigenvalue weighted by Gasteiger charge is -2.24. The van der Waals surface area contributed by atoms with Crippen molar-refractivity contribution in [3.05, 3.63) is 35.9 Å². The van der Waals surface area contributed by atoms with Crippen molar-refractivity contribution in [2.24, 2.45) is 0 Å². The first-order chi connectivity index (χ1) is 10.8. The second-order valence-electron chi connectivity index (χ2n) is 6.53. The number of aliphatic hydroxyl groups is 1. The molecule has 22 heavy (non-hydrogen) atoms. The summed E-state index contributed by atoms with van der Waals surface area (Å²) in [7, 11) is 0. The van der Waals surface area contributed by atoms with Gasteiger partial charge >= 0.3 is 0 Å². The second kappa shape index (κ2) is 9.98. The van der Waals surface area contributed by atoms with E-state index in [1.807, 2.05) is 0 Å². The van der Waals surface area contributed by atoms with Gasteiger partial charge in [-0.25, -0.2) is 0 Å². The normalized spacial score (nSPS) is 19.0. The molecule has 0 aliphatic carbocycles. The van der Waals surface area contributed by atoms with Gasteiger partial charge < -0.3 is 10.0 Å². The molecule has 1 aliphatic heterocycles. The molecule has 2 rings (SSSR count). The number of hydrogen-bond donors (Lipinski definition) is 1. The van der Waals surface area contributed by atoms with Gasteiger partial charge in [-0.3, -0.25) is 4.90 Å². The third-order valence-electron chi connectivity index (χ3n) is 4.60. The molecule has 0 bridgehead atoms. The highest BCUT2D eigenvalue weighted by atomic mass is 16.3. The Kier molecular flexibility index (Phi) is 7.92. The van der Waals surface area contributed by atoms with Crippen LogP contribution in [0.25, 0.3) is 0 Å². The van der Waals surface area contributed by atoms with E-state index in [2.05, 4.69) is 47.1 Å². The van der Waals surface area contributed by atoms with E-state index in [9.17, 15) is 5.11 Å². The molecule has 1 heterocycles. The average Bonchev–Trinajstić information content (AvgIpc) is 2.77. The quantitative estimate of drug-likeness (QED) is 0.800. The monoisotopic (exact) mass is 304 g/mol. The van der Waals surface area contributed by atoms with E-state index in [1.165, 1.54) is 24.9 Å². The van der Waals surface area contributed by atoms with Gasteiger partial charge in [0.25, 0.3) is 0 Å². The third kappa shape index (κ3) is 6.47. The number of unbranched alkanes of at least 4 members (excludes halogenated alkanes) is 1. The van der Waals surface area contributed by atoms with Gasteiger partial charge in [0.1, 0.15) is 0 Å². The Morgan fingerprint density at radius 1 is 1.05 bits per heavy atom. The van der Waals surface area contributed by atoms with E-state index >= 15 is 0 Å². The van der Waals surface area contributed by atoms with Crippen molar-refractivity contribution >= 4 is 0 Å². The fourth-order valence-electron chi connectivity index (χ4n) is 3.19. The number of aliphatic hydroxyl groups excluding tert-OH is 1. The molecule has 3 heteroatoms. The number of β-amino-alcohol motifs (C(OH)–C–C–N with tert-alkyl or cyclic N) is 1. The molecule has 1 unspecified atom stereocenters. The number of rotatable bonds is 8. The minimum absolute atomic E-state index is 0.143. The predicted molar refractivity (Wildman–Crippen MR) is 93.2 cm³/mol. The summed E-state index contributed by atoms with van der Waals surface area (Å²) in [6, 6.07) is 10.8. The molecule has 0 aromatic heterocycles. The fourth-order valence-corrected chi connectivity index (χ4v) is 3.19.